The molecule has 0 aliphatic rings. The summed E-state index contributed by atoms with van der Waals surface area (Å²) in [6.45, 7) is 0. The molecule has 152 valence electrons. The maximum atomic E-state index is 13.0. The number of aromatic hydroxyl groups is 2. The fraction of sp³-hybridized carbons (Fsp3) is 0.0526. The third kappa shape index (κ3) is 3.54. The maximum Gasteiger partial charge on any atom is 0.283 e. The van der Waals surface area contributed by atoms with Crippen LogP contribution >= 0.6 is 46.4 Å². The zero-order valence-electron chi connectivity index (χ0n) is 14.3. The molecule has 1 unspecified atom stereocenters. The first-order valence-corrected chi connectivity index (χ1v) is 10.9. The molecule has 0 saturated heterocycles. The third-order valence-electron chi connectivity index (χ3n) is 4.39. The Hall–Kier alpha value is -1.67. The van der Waals surface area contributed by atoms with Gasteiger partial charge < -0.3 is 10.2 Å². The van der Waals surface area contributed by atoms with Crippen LogP contribution in [0.3, 0.4) is 0 Å². The molecule has 0 amide bonds. The zero-order chi connectivity index (χ0) is 21.6. The van der Waals surface area contributed by atoms with Crippen LogP contribution in [0.2, 0.25) is 20.1 Å². The van der Waals surface area contributed by atoms with Gasteiger partial charge in [-0.15, -0.1) is 0 Å². The predicted molar refractivity (Wildman–Crippen MR) is 114 cm³/mol. The number of rotatable bonds is 4. The molecule has 29 heavy (non-hydrogen) atoms. The van der Waals surface area contributed by atoms with E-state index in [-0.39, 0.29) is 31.2 Å². The molecule has 0 aliphatic carbocycles. The molecule has 0 fully saturated rings. The molecular formula is C19H12Cl4O5S. The summed E-state index contributed by atoms with van der Waals surface area (Å²) in [5.74, 6) is -1.09. The van der Waals surface area contributed by atoms with Gasteiger partial charge in [0.25, 0.3) is 10.1 Å². The van der Waals surface area contributed by atoms with Gasteiger partial charge in [-0.25, -0.2) is 0 Å². The molecule has 0 bridgehead atoms. The summed E-state index contributed by atoms with van der Waals surface area (Å²) in [4.78, 5) is 0. The van der Waals surface area contributed by atoms with E-state index in [0.717, 1.165) is 12.1 Å². The van der Waals surface area contributed by atoms with Crippen LogP contribution < -0.4 is 0 Å². The van der Waals surface area contributed by atoms with Gasteiger partial charge in [0.05, 0.1) is 20.1 Å². The van der Waals surface area contributed by atoms with E-state index < -0.39 is 31.9 Å². The molecular weight excluding hydrogens is 482 g/mol. The largest absolute Gasteiger partial charge is 0.508 e. The van der Waals surface area contributed by atoms with E-state index in [9.17, 15) is 23.2 Å². The van der Waals surface area contributed by atoms with Crippen LogP contribution in [-0.2, 0) is 14.9 Å². The normalized spacial score (nSPS) is 13.8. The lowest BCUT2D eigenvalue weighted by Gasteiger charge is -2.34. The first-order valence-electron chi connectivity index (χ1n) is 7.90. The van der Waals surface area contributed by atoms with Crippen LogP contribution in [0.1, 0.15) is 16.7 Å². The molecule has 3 rings (SSSR count). The van der Waals surface area contributed by atoms with E-state index in [1.165, 1.54) is 36.4 Å². The fourth-order valence-electron chi connectivity index (χ4n) is 3.25. The average Bonchev–Trinajstić information content (AvgIpc) is 2.63. The molecule has 10 heteroatoms. The molecule has 0 aliphatic heterocycles. The molecule has 0 saturated carbocycles. The van der Waals surface area contributed by atoms with E-state index in [1.807, 2.05) is 0 Å². The summed E-state index contributed by atoms with van der Waals surface area (Å²) in [5.41, 5.74) is -0.582. The summed E-state index contributed by atoms with van der Waals surface area (Å²) in [5, 5.41) is 19.6. The highest BCUT2D eigenvalue weighted by molar-refractivity contribution is 7.87. The first kappa shape index (κ1) is 22.0. The quantitative estimate of drug-likeness (QED) is 0.239. The smallest absolute Gasteiger partial charge is 0.283 e. The van der Waals surface area contributed by atoms with Gasteiger partial charge in [0.2, 0.25) is 0 Å². The highest BCUT2D eigenvalue weighted by Gasteiger charge is 2.52. The van der Waals surface area contributed by atoms with Crippen molar-refractivity contribution in [2.75, 3.05) is 0 Å². The van der Waals surface area contributed by atoms with Gasteiger partial charge >= 0.3 is 0 Å². The second-order valence-corrected chi connectivity index (χ2v) is 9.20. The number of phenols is 2. The Bertz CT molecular complexity index is 1180. The summed E-state index contributed by atoms with van der Waals surface area (Å²) in [7, 11) is -5.11. The molecule has 0 spiro atoms. The summed E-state index contributed by atoms with van der Waals surface area (Å²) in [6, 6.07) is 12.0. The summed E-state index contributed by atoms with van der Waals surface area (Å²) < 4.78 is 34.0. The minimum atomic E-state index is -5.11. The van der Waals surface area contributed by atoms with Gasteiger partial charge in [-0.3, -0.25) is 4.55 Å². The van der Waals surface area contributed by atoms with Crippen LogP contribution in [0.25, 0.3) is 0 Å². The Balaban J connectivity index is 2.64. The molecule has 3 aromatic carbocycles. The molecule has 5 nitrogen and oxygen atoms in total. The van der Waals surface area contributed by atoms with Crippen LogP contribution in [0.5, 0.6) is 11.5 Å². The minimum Gasteiger partial charge on any atom is -0.508 e. The van der Waals surface area contributed by atoms with E-state index in [1.54, 1.807) is 6.07 Å². The molecule has 0 radical (unpaired) electrons. The lowest BCUT2D eigenvalue weighted by molar-refractivity contribution is 0.431. The highest BCUT2D eigenvalue weighted by Crippen LogP contribution is 2.53. The number of hydrogen-bond acceptors (Lipinski definition) is 4. The van der Waals surface area contributed by atoms with Crippen molar-refractivity contribution < 1.29 is 23.2 Å². The monoisotopic (exact) mass is 492 g/mol. The fourth-order valence-corrected chi connectivity index (χ4v) is 5.74. The third-order valence-corrected chi connectivity index (χ3v) is 7.41. The number of benzene rings is 3. The van der Waals surface area contributed by atoms with Crippen LogP contribution in [0.4, 0.5) is 0 Å². The molecule has 3 aromatic rings. The van der Waals surface area contributed by atoms with Crippen LogP contribution in [0, 0.1) is 0 Å². The Morgan fingerprint density at radius 2 is 1.41 bits per heavy atom. The first-order chi connectivity index (χ1) is 13.5. The van der Waals surface area contributed by atoms with E-state index in [2.05, 4.69) is 0 Å². The minimum absolute atomic E-state index is 0.0191. The zero-order valence-corrected chi connectivity index (χ0v) is 18.1. The topological polar surface area (TPSA) is 94.8 Å². The van der Waals surface area contributed by atoms with Crippen molar-refractivity contribution >= 4 is 56.5 Å². The summed E-state index contributed by atoms with van der Waals surface area (Å²) in [6.07, 6.45) is 0. The number of phenolic OH excluding ortho intramolecular Hbond substituents is 2. The standard InChI is InChI=1S/C19H12Cl4O5S/c20-13-7-6-12(17(22)18(13)23)19(29(26,27)28,10-4-2-1-3-5-10)16-14(21)8-11(24)9-15(16)25/h1-9,24-25H,(H,26,27,28). The van der Waals surface area contributed by atoms with Gasteiger partial charge in [0.15, 0.2) is 4.75 Å². The van der Waals surface area contributed by atoms with Crippen LogP contribution in [-0.4, -0.2) is 23.2 Å². The SMILES string of the molecule is O=S(=O)(O)C(c1ccccc1)(c1ccc(Cl)c(Cl)c1Cl)c1c(O)cc(O)cc1Cl. The van der Waals surface area contributed by atoms with Crippen molar-refractivity contribution in [2.45, 2.75) is 4.75 Å². The van der Waals surface area contributed by atoms with Gasteiger partial charge in [0, 0.05) is 17.2 Å². The Labute approximate surface area is 186 Å². The van der Waals surface area contributed by atoms with Crippen molar-refractivity contribution in [3.63, 3.8) is 0 Å². The van der Waals surface area contributed by atoms with E-state index in [4.69, 9.17) is 46.4 Å². The van der Waals surface area contributed by atoms with Gasteiger partial charge in [-0.1, -0.05) is 82.8 Å². The average molecular weight is 494 g/mol. The summed E-state index contributed by atoms with van der Waals surface area (Å²) >= 11 is 24.7. The van der Waals surface area contributed by atoms with E-state index >= 15 is 0 Å². The Morgan fingerprint density at radius 3 is 1.97 bits per heavy atom. The van der Waals surface area contributed by atoms with Crippen molar-refractivity contribution in [2.24, 2.45) is 0 Å². The molecule has 0 aromatic heterocycles. The Kier molecular flexibility index (Phi) is 5.98. The molecule has 1 atom stereocenters. The van der Waals surface area contributed by atoms with Gasteiger partial charge in [0.1, 0.15) is 11.5 Å². The van der Waals surface area contributed by atoms with Gasteiger partial charge in [-0.05, 0) is 17.7 Å². The lowest BCUT2D eigenvalue weighted by atomic mass is 9.83. The van der Waals surface area contributed by atoms with Crippen molar-refractivity contribution in [1.82, 2.24) is 0 Å². The molecule has 3 N–H and O–H groups in total. The van der Waals surface area contributed by atoms with E-state index in [0.29, 0.717) is 0 Å². The lowest BCUT2D eigenvalue weighted by Crippen LogP contribution is -2.39. The Morgan fingerprint density at radius 1 is 0.793 bits per heavy atom. The van der Waals surface area contributed by atoms with Gasteiger partial charge in [-0.2, -0.15) is 8.42 Å². The van der Waals surface area contributed by atoms with Crippen LogP contribution in [0.15, 0.2) is 54.6 Å². The van der Waals surface area contributed by atoms with Crippen molar-refractivity contribution in [3.8, 4) is 11.5 Å². The molecule has 0 heterocycles. The second kappa shape index (κ2) is 7.87. The maximum absolute atomic E-state index is 13.0. The number of hydrogen-bond donors (Lipinski definition) is 3. The predicted octanol–water partition coefficient (Wildman–Crippen LogP) is 5.89. The highest BCUT2D eigenvalue weighted by atomic mass is 35.5. The second-order valence-electron chi connectivity index (χ2n) is 6.07. The van der Waals surface area contributed by atoms with Crippen molar-refractivity contribution in [3.05, 3.63) is 91.4 Å². The number of halogens is 4. The van der Waals surface area contributed by atoms with Crippen molar-refractivity contribution in [1.29, 1.82) is 0 Å².